The third-order valence-corrected chi connectivity index (χ3v) is 2.50. The van der Waals surface area contributed by atoms with Crippen LogP contribution in [0.4, 0.5) is 0 Å². The van der Waals surface area contributed by atoms with E-state index in [0.29, 0.717) is 5.76 Å². The molecule has 0 fully saturated rings. The summed E-state index contributed by atoms with van der Waals surface area (Å²) in [5, 5.41) is 9.32. The van der Waals surface area contributed by atoms with Gasteiger partial charge in [-0.3, -0.25) is 4.99 Å². The molecule has 1 unspecified atom stereocenters. The van der Waals surface area contributed by atoms with Crippen LogP contribution in [0.25, 0.3) is 0 Å². The maximum absolute atomic E-state index is 9.32. The number of rotatable bonds is 4. The van der Waals surface area contributed by atoms with Crippen LogP contribution in [0.3, 0.4) is 0 Å². The Labute approximate surface area is 100 Å². The van der Waals surface area contributed by atoms with Crippen molar-refractivity contribution in [2.45, 2.75) is 13.0 Å². The highest BCUT2D eigenvalue weighted by atomic mass is 16.3. The van der Waals surface area contributed by atoms with E-state index in [4.69, 9.17) is 4.42 Å². The Morgan fingerprint density at radius 3 is 2.59 bits per heavy atom. The van der Waals surface area contributed by atoms with E-state index < -0.39 is 0 Å². The van der Waals surface area contributed by atoms with Gasteiger partial charge in [-0.2, -0.15) is 0 Å². The summed E-state index contributed by atoms with van der Waals surface area (Å²) in [4.78, 5) is 4.33. The van der Waals surface area contributed by atoms with Crippen LogP contribution in [0.15, 0.2) is 51.9 Å². The number of benzene rings is 1. The van der Waals surface area contributed by atoms with Gasteiger partial charge in [-0.1, -0.05) is 30.3 Å². The Bertz CT molecular complexity index is 488. The first kappa shape index (κ1) is 11.6. The van der Waals surface area contributed by atoms with Gasteiger partial charge in [0.25, 0.3) is 0 Å². The highest BCUT2D eigenvalue weighted by Crippen LogP contribution is 2.16. The summed E-state index contributed by atoms with van der Waals surface area (Å²) in [6, 6.07) is 13.2. The van der Waals surface area contributed by atoms with E-state index in [1.807, 2.05) is 49.4 Å². The lowest BCUT2D eigenvalue weighted by Gasteiger charge is -2.08. The van der Waals surface area contributed by atoms with Crippen molar-refractivity contribution in [2.24, 2.45) is 4.99 Å². The molecule has 1 heterocycles. The molecule has 0 aliphatic carbocycles. The predicted octanol–water partition coefficient (Wildman–Crippen LogP) is 2.74. The fraction of sp³-hybridized carbons (Fsp3) is 0.214. The van der Waals surface area contributed by atoms with Gasteiger partial charge in [0.15, 0.2) is 0 Å². The van der Waals surface area contributed by atoms with Crippen LogP contribution in [0.2, 0.25) is 0 Å². The molecule has 0 amide bonds. The molecule has 1 aromatic carbocycles. The van der Waals surface area contributed by atoms with Crippen LogP contribution in [-0.4, -0.2) is 17.9 Å². The van der Waals surface area contributed by atoms with Crippen molar-refractivity contribution < 1.29 is 9.52 Å². The van der Waals surface area contributed by atoms with Crippen molar-refractivity contribution in [2.75, 3.05) is 6.61 Å². The summed E-state index contributed by atoms with van der Waals surface area (Å²) in [6.45, 7) is 1.87. The minimum atomic E-state index is -0.235. The van der Waals surface area contributed by atoms with Crippen molar-refractivity contribution in [1.82, 2.24) is 0 Å². The van der Waals surface area contributed by atoms with Crippen LogP contribution in [-0.2, 0) is 0 Å². The van der Waals surface area contributed by atoms with E-state index >= 15 is 0 Å². The third kappa shape index (κ3) is 3.04. The van der Waals surface area contributed by atoms with Gasteiger partial charge < -0.3 is 9.52 Å². The summed E-state index contributed by atoms with van der Waals surface area (Å²) in [6.07, 6.45) is 1.65. The lowest BCUT2D eigenvalue weighted by atomic mass is 10.1. The average Bonchev–Trinajstić information content (AvgIpc) is 2.77. The van der Waals surface area contributed by atoms with Crippen molar-refractivity contribution in [3.8, 4) is 0 Å². The summed E-state index contributed by atoms with van der Waals surface area (Å²) in [5.74, 6) is 1.56. The Morgan fingerprint density at radius 1 is 1.24 bits per heavy atom. The maximum Gasteiger partial charge on any atom is 0.144 e. The average molecular weight is 229 g/mol. The molecular weight excluding hydrogens is 214 g/mol. The van der Waals surface area contributed by atoms with Crippen LogP contribution < -0.4 is 0 Å². The lowest BCUT2D eigenvalue weighted by molar-refractivity contribution is 0.269. The minimum absolute atomic E-state index is 0.0137. The van der Waals surface area contributed by atoms with Gasteiger partial charge >= 0.3 is 0 Å². The van der Waals surface area contributed by atoms with Crippen LogP contribution in [0.1, 0.15) is 23.1 Å². The number of aliphatic imine (C=N–C) groups is 1. The minimum Gasteiger partial charge on any atom is -0.460 e. The zero-order valence-electron chi connectivity index (χ0n) is 9.71. The SMILES string of the molecule is Cc1ccc(C=NC(CO)c2ccccc2)o1. The normalized spacial score (nSPS) is 13.1. The molecule has 1 atom stereocenters. The number of hydrogen-bond donors (Lipinski definition) is 1. The van der Waals surface area contributed by atoms with Gasteiger partial charge in [-0.25, -0.2) is 0 Å². The summed E-state index contributed by atoms with van der Waals surface area (Å²) in [7, 11) is 0. The van der Waals surface area contributed by atoms with Gasteiger partial charge in [0, 0.05) is 0 Å². The Hall–Kier alpha value is -1.87. The molecule has 0 bridgehead atoms. The molecule has 17 heavy (non-hydrogen) atoms. The van der Waals surface area contributed by atoms with E-state index in [0.717, 1.165) is 11.3 Å². The van der Waals surface area contributed by atoms with Gasteiger partial charge in [-0.15, -0.1) is 0 Å². The Morgan fingerprint density at radius 2 is 2.00 bits per heavy atom. The number of aliphatic hydroxyl groups excluding tert-OH is 1. The molecule has 1 aromatic heterocycles. The molecule has 88 valence electrons. The second kappa shape index (κ2) is 5.46. The zero-order chi connectivity index (χ0) is 12.1. The number of nitrogens with zero attached hydrogens (tertiary/aromatic N) is 1. The molecule has 0 aliphatic heterocycles. The van der Waals surface area contributed by atoms with Crippen molar-refractivity contribution in [1.29, 1.82) is 0 Å². The van der Waals surface area contributed by atoms with Gasteiger partial charge in [-0.05, 0) is 24.6 Å². The Balaban J connectivity index is 2.13. The number of aliphatic hydroxyl groups is 1. The fourth-order valence-electron chi connectivity index (χ4n) is 1.60. The summed E-state index contributed by atoms with van der Waals surface area (Å²) < 4.78 is 5.38. The zero-order valence-corrected chi connectivity index (χ0v) is 9.71. The van der Waals surface area contributed by atoms with Gasteiger partial charge in [0.1, 0.15) is 11.5 Å². The Kier molecular flexibility index (Phi) is 3.73. The highest BCUT2D eigenvalue weighted by molar-refractivity contribution is 5.76. The van der Waals surface area contributed by atoms with Crippen LogP contribution in [0, 0.1) is 6.92 Å². The molecule has 3 nitrogen and oxygen atoms in total. The highest BCUT2D eigenvalue weighted by Gasteiger charge is 2.06. The second-order valence-corrected chi connectivity index (χ2v) is 3.84. The molecule has 0 radical (unpaired) electrons. The molecule has 1 N–H and O–H groups in total. The summed E-state index contributed by atoms with van der Waals surface area (Å²) >= 11 is 0. The number of aryl methyl sites for hydroxylation is 1. The molecular formula is C14H15NO2. The molecule has 2 aromatic rings. The van der Waals surface area contributed by atoms with E-state index in [2.05, 4.69) is 4.99 Å². The van der Waals surface area contributed by atoms with Crippen LogP contribution >= 0.6 is 0 Å². The monoisotopic (exact) mass is 229 g/mol. The third-order valence-electron chi connectivity index (χ3n) is 2.50. The number of furan rings is 1. The van der Waals surface area contributed by atoms with E-state index in [1.54, 1.807) is 6.21 Å². The van der Waals surface area contributed by atoms with Crippen LogP contribution in [0.5, 0.6) is 0 Å². The first-order valence-electron chi connectivity index (χ1n) is 5.55. The first-order valence-corrected chi connectivity index (χ1v) is 5.55. The second-order valence-electron chi connectivity index (χ2n) is 3.84. The van der Waals surface area contributed by atoms with Gasteiger partial charge in [0.2, 0.25) is 0 Å². The predicted molar refractivity (Wildman–Crippen MR) is 67.3 cm³/mol. The topological polar surface area (TPSA) is 45.7 Å². The molecule has 3 heteroatoms. The molecule has 0 saturated carbocycles. The lowest BCUT2D eigenvalue weighted by Crippen LogP contribution is -2.01. The maximum atomic E-state index is 9.32. The van der Waals surface area contributed by atoms with Gasteiger partial charge in [0.05, 0.1) is 18.9 Å². The summed E-state index contributed by atoms with van der Waals surface area (Å²) in [5.41, 5.74) is 0.995. The smallest absolute Gasteiger partial charge is 0.144 e. The van der Waals surface area contributed by atoms with E-state index in [1.165, 1.54) is 0 Å². The molecule has 0 spiro atoms. The number of hydrogen-bond acceptors (Lipinski definition) is 3. The van der Waals surface area contributed by atoms with Crippen molar-refractivity contribution in [3.05, 3.63) is 59.5 Å². The largest absolute Gasteiger partial charge is 0.460 e. The molecule has 0 saturated heterocycles. The first-order chi connectivity index (χ1) is 8.29. The molecule has 0 aliphatic rings. The standard InChI is InChI=1S/C14H15NO2/c1-11-7-8-13(17-11)9-15-14(10-16)12-5-3-2-4-6-12/h2-9,14,16H,10H2,1H3. The molecule has 2 rings (SSSR count). The van der Waals surface area contributed by atoms with E-state index in [9.17, 15) is 5.11 Å². The van der Waals surface area contributed by atoms with Crippen molar-refractivity contribution in [3.63, 3.8) is 0 Å². The van der Waals surface area contributed by atoms with E-state index in [-0.39, 0.29) is 12.6 Å². The quantitative estimate of drug-likeness (QED) is 0.819. The fourth-order valence-corrected chi connectivity index (χ4v) is 1.60. The van der Waals surface area contributed by atoms with Crippen molar-refractivity contribution >= 4 is 6.21 Å².